The normalized spacial score (nSPS) is 12.6. The second kappa shape index (κ2) is 13.2. The first kappa shape index (κ1) is 27.3. The fourth-order valence-electron chi connectivity index (χ4n) is 3.21. The number of hydrogen-bond acceptors (Lipinski definition) is 5. The molecule has 7 nitrogen and oxygen atoms in total. The Morgan fingerprint density at radius 1 is 0.944 bits per heavy atom. The minimum Gasteiger partial charge on any atom is -0.496 e. The van der Waals surface area contributed by atoms with Gasteiger partial charge in [0.05, 0.1) is 18.3 Å². The molecule has 0 aromatic heterocycles. The third-order valence-electron chi connectivity index (χ3n) is 5.05. The molecule has 188 valence electrons. The van der Waals surface area contributed by atoms with Crippen LogP contribution < -0.4 is 20.2 Å². The molecule has 0 aliphatic heterocycles. The Labute approximate surface area is 224 Å². The van der Waals surface area contributed by atoms with Crippen LogP contribution in [0.25, 0.3) is 0 Å². The molecule has 3 rings (SSSR count). The fraction of sp³-hybridized carbons (Fsp3) is 0.192. The van der Waals surface area contributed by atoms with Crippen molar-refractivity contribution >= 4 is 52.8 Å². The van der Waals surface area contributed by atoms with Crippen LogP contribution in [0.1, 0.15) is 18.1 Å². The molecule has 3 aromatic rings. The number of amides is 2. The van der Waals surface area contributed by atoms with Crippen molar-refractivity contribution in [3.63, 3.8) is 0 Å². The molecule has 0 saturated heterocycles. The molecule has 0 radical (unpaired) electrons. The van der Waals surface area contributed by atoms with Gasteiger partial charge in [0, 0.05) is 22.0 Å². The predicted octanol–water partition coefficient (Wildman–Crippen LogP) is 5.30. The number of rotatable bonds is 10. The third-order valence-corrected chi connectivity index (χ3v) is 5.82. The van der Waals surface area contributed by atoms with Gasteiger partial charge in [-0.3, -0.25) is 9.59 Å². The Kier molecular flexibility index (Phi) is 9.99. The molecule has 0 unspecified atom stereocenters. The first-order valence-corrected chi connectivity index (χ1v) is 12.0. The highest BCUT2D eigenvalue weighted by Crippen LogP contribution is 2.28. The van der Waals surface area contributed by atoms with E-state index in [2.05, 4.69) is 15.8 Å². The molecule has 0 saturated carbocycles. The maximum absolute atomic E-state index is 13.0. The van der Waals surface area contributed by atoms with Crippen LogP contribution in [0.2, 0.25) is 15.1 Å². The van der Waals surface area contributed by atoms with Gasteiger partial charge < -0.3 is 14.8 Å². The van der Waals surface area contributed by atoms with Crippen molar-refractivity contribution in [3.8, 4) is 11.5 Å². The zero-order valence-electron chi connectivity index (χ0n) is 19.5. The smallest absolute Gasteiger partial charge is 0.262 e. The zero-order valence-corrected chi connectivity index (χ0v) is 21.8. The lowest BCUT2D eigenvalue weighted by molar-refractivity contribution is -0.132. The minimum absolute atomic E-state index is 0.239. The molecule has 0 aliphatic rings. The van der Waals surface area contributed by atoms with Crippen LogP contribution in [0.5, 0.6) is 11.5 Å². The molecule has 2 atom stereocenters. The van der Waals surface area contributed by atoms with Gasteiger partial charge in [0.15, 0.2) is 6.10 Å². The minimum atomic E-state index is -0.936. The van der Waals surface area contributed by atoms with Gasteiger partial charge in [-0.15, -0.1) is 0 Å². The molecule has 0 heterocycles. The van der Waals surface area contributed by atoms with Crippen LogP contribution in [0.3, 0.4) is 0 Å². The van der Waals surface area contributed by atoms with Crippen LogP contribution in [0, 0.1) is 0 Å². The summed E-state index contributed by atoms with van der Waals surface area (Å²) in [6.45, 7) is 1.56. The molecule has 2 amide bonds. The van der Waals surface area contributed by atoms with Crippen molar-refractivity contribution in [3.05, 3.63) is 92.9 Å². The lowest BCUT2D eigenvalue weighted by atomic mass is 10.1. The van der Waals surface area contributed by atoms with Crippen LogP contribution in [0.15, 0.2) is 71.8 Å². The van der Waals surface area contributed by atoms with Crippen LogP contribution in [0.4, 0.5) is 0 Å². The molecule has 2 N–H and O–H groups in total. The largest absolute Gasteiger partial charge is 0.496 e. The monoisotopic (exact) mass is 547 g/mol. The van der Waals surface area contributed by atoms with Crippen molar-refractivity contribution in [2.45, 2.75) is 25.5 Å². The van der Waals surface area contributed by atoms with Gasteiger partial charge in [-0.05, 0) is 48.9 Å². The molecule has 0 fully saturated rings. The molecule has 3 aromatic carbocycles. The van der Waals surface area contributed by atoms with E-state index in [4.69, 9.17) is 44.3 Å². The van der Waals surface area contributed by atoms with Crippen molar-refractivity contribution in [2.75, 3.05) is 7.11 Å². The topological polar surface area (TPSA) is 89.0 Å². The summed E-state index contributed by atoms with van der Waals surface area (Å²) in [4.78, 5) is 25.9. The number of carbonyl (C=O) groups is 2. The SMILES string of the molecule is COc1ccc(Cl)cc1/C=N\NC(=O)[C@H](Cc1ccccc1)NC(=O)[C@H](C)Oc1ccc(Cl)cc1Cl. The highest BCUT2D eigenvalue weighted by molar-refractivity contribution is 6.35. The number of halogens is 3. The number of nitrogens with one attached hydrogen (secondary N) is 2. The van der Waals surface area contributed by atoms with Gasteiger partial charge in [-0.25, -0.2) is 5.43 Å². The number of methoxy groups -OCH3 is 1. The highest BCUT2D eigenvalue weighted by atomic mass is 35.5. The van der Waals surface area contributed by atoms with E-state index in [1.807, 2.05) is 30.3 Å². The number of ether oxygens (including phenoxy) is 2. The fourth-order valence-corrected chi connectivity index (χ4v) is 3.85. The Hall–Kier alpha value is -3.26. The van der Waals surface area contributed by atoms with E-state index in [1.54, 1.807) is 37.3 Å². The van der Waals surface area contributed by atoms with Crippen molar-refractivity contribution < 1.29 is 19.1 Å². The molecule has 10 heteroatoms. The molecule has 0 aliphatic carbocycles. The lowest BCUT2D eigenvalue weighted by Crippen LogP contribution is -2.50. The van der Waals surface area contributed by atoms with Gasteiger partial charge in [-0.1, -0.05) is 65.1 Å². The summed E-state index contributed by atoms with van der Waals surface area (Å²) in [7, 11) is 1.52. The van der Waals surface area contributed by atoms with Crippen LogP contribution >= 0.6 is 34.8 Å². The summed E-state index contributed by atoms with van der Waals surface area (Å²) in [5.41, 5.74) is 3.91. The van der Waals surface area contributed by atoms with Gasteiger partial charge in [0.1, 0.15) is 17.5 Å². The molecule has 0 bridgehead atoms. The molecular formula is C26H24Cl3N3O4. The van der Waals surface area contributed by atoms with Crippen LogP contribution in [-0.4, -0.2) is 37.3 Å². The second-order valence-corrected chi connectivity index (χ2v) is 8.99. The first-order chi connectivity index (χ1) is 17.3. The lowest BCUT2D eigenvalue weighted by Gasteiger charge is -2.21. The maximum Gasteiger partial charge on any atom is 0.262 e. The number of carbonyl (C=O) groups excluding carboxylic acids is 2. The predicted molar refractivity (Wildman–Crippen MR) is 142 cm³/mol. The van der Waals surface area contributed by atoms with E-state index in [-0.39, 0.29) is 11.4 Å². The van der Waals surface area contributed by atoms with Gasteiger partial charge in [0.25, 0.3) is 11.8 Å². The third kappa shape index (κ3) is 7.88. The molecule has 36 heavy (non-hydrogen) atoms. The van der Waals surface area contributed by atoms with Gasteiger partial charge >= 0.3 is 0 Å². The van der Waals surface area contributed by atoms with Crippen molar-refractivity contribution in [1.29, 1.82) is 0 Å². The quantitative estimate of drug-likeness (QED) is 0.266. The number of hydrazone groups is 1. The Bertz CT molecular complexity index is 1240. The maximum atomic E-state index is 13.0. The van der Waals surface area contributed by atoms with Crippen molar-refractivity contribution in [2.24, 2.45) is 5.10 Å². The number of hydrogen-bond donors (Lipinski definition) is 2. The van der Waals surface area contributed by atoms with E-state index < -0.39 is 24.0 Å². The Morgan fingerprint density at radius 3 is 2.28 bits per heavy atom. The average Bonchev–Trinajstić information content (AvgIpc) is 2.86. The van der Waals surface area contributed by atoms with Gasteiger partial charge in [0.2, 0.25) is 0 Å². The zero-order chi connectivity index (χ0) is 26.1. The standard InChI is InChI=1S/C26H24Cl3N3O4/c1-16(36-24-11-9-20(28)14-21(24)29)25(33)31-22(12-17-6-4-3-5-7-17)26(34)32-30-15-18-13-19(27)8-10-23(18)35-2/h3-11,13-16,22H,12H2,1-2H3,(H,31,33)(H,32,34)/b30-15-/t16-,22-/m0/s1. The number of nitrogens with zero attached hydrogens (tertiary/aromatic N) is 1. The summed E-state index contributed by atoms with van der Waals surface area (Å²) in [5.74, 6) is -0.176. The summed E-state index contributed by atoms with van der Waals surface area (Å²) >= 11 is 18.1. The average molecular weight is 549 g/mol. The van der Waals surface area contributed by atoms with Gasteiger partial charge in [-0.2, -0.15) is 5.10 Å². The van der Waals surface area contributed by atoms with E-state index in [9.17, 15) is 9.59 Å². The summed E-state index contributed by atoms with van der Waals surface area (Å²) in [6.07, 6.45) is 0.718. The van der Waals surface area contributed by atoms with E-state index in [1.165, 1.54) is 19.4 Å². The second-order valence-electron chi connectivity index (χ2n) is 7.71. The number of benzene rings is 3. The highest BCUT2D eigenvalue weighted by Gasteiger charge is 2.25. The van der Waals surface area contributed by atoms with E-state index in [0.29, 0.717) is 27.1 Å². The summed E-state index contributed by atoms with van der Waals surface area (Å²) in [6, 6.07) is 18.1. The van der Waals surface area contributed by atoms with Crippen molar-refractivity contribution in [1.82, 2.24) is 10.7 Å². The molecular weight excluding hydrogens is 525 g/mol. The van der Waals surface area contributed by atoms with Crippen LogP contribution in [-0.2, 0) is 16.0 Å². The van der Waals surface area contributed by atoms with E-state index in [0.717, 1.165) is 5.56 Å². The summed E-state index contributed by atoms with van der Waals surface area (Å²) < 4.78 is 11.0. The Balaban J connectivity index is 1.71. The molecule has 0 spiro atoms. The van der Waals surface area contributed by atoms with E-state index >= 15 is 0 Å². The Morgan fingerprint density at radius 2 is 1.61 bits per heavy atom. The summed E-state index contributed by atoms with van der Waals surface area (Å²) in [5, 5.41) is 7.96. The first-order valence-electron chi connectivity index (χ1n) is 10.9.